The van der Waals surface area contributed by atoms with Crippen LogP contribution in [0.2, 0.25) is 5.15 Å². The van der Waals surface area contributed by atoms with Gasteiger partial charge in [0.15, 0.2) is 17.5 Å². The van der Waals surface area contributed by atoms with Crippen molar-refractivity contribution >= 4 is 11.6 Å². The molecule has 0 saturated carbocycles. The number of aromatic nitrogens is 4. The van der Waals surface area contributed by atoms with E-state index in [0.717, 1.165) is 33.5 Å². The molecule has 5 heteroatoms. The summed E-state index contributed by atoms with van der Waals surface area (Å²) in [6.45, 7) is 0. The number of hydrogen-bond acceptors (Lipinski definition) is 4. The molecule has 4 nitrogen and oxygen atoms in total. The van der Waals surface area contributed by atoms with E-state index < -0.39 is 0 Å². The zero-order chi connectivity index (χ0) is 25.0. The maximum absolute atomic E-state index is 6.08. The van der Waals surface area contributed by atoms with E-state index in [1.807, 2.05) is 84.9 Å². The van der Waals surface area contributed by atoms with Crippen molar-refractivity contribution in [2.45, 2.75) is 0 Å². The molecule has 0 fully saturated rings. The average molecular weight is 497 g/mol. The molecule has 0 aliphatic carbocycles. The Morgan fingerprint density at radius 1 is 0.324 bits per heavy atom. The van der Waals surface area contributed by atoms with Gasteiger partial charge in [-0.3, -0.25) is 0 Å². The third-order valence-corrected chi connectivity index (χ3v) is 6.28. The van der Waals surface area contributed by atoms with Gasteiger partial charge in [0.1, 0.15) is 5.15 Å². The molecule has 0 amide bonds. The molecular weight excluding hydrogens is 476 g/mol. The summed E-state index contributed by atoms with van der Waals surface area (Å²) in [4.78, 5) is 18.9. The van der Waals surface area contributed by atoms with Crippen LogP contribution in [0.15, 0.2) is 127 Å². The lowest BCUT2D eigenvalue weighted by atomic mass is 10.0. The fourth-order valence-corrected chi connectivity index (χ4v) is 4.32. The minimum absolute atomic E-state index is 0.467. The van der Waals surface area contributed by atoms with Gasteiger partial charge in [0.25, 0.3) is 0 Å². The molecule has 0 N–H and O–H groups in total. The maximum Gasteiger partial charge on any atom is 0.164 e. The van der Waals surface area contributed by atoms with Gasteiger partial charge in [0, 0.05) is 22.3 Å². The summed E-state index contributed by atoms with van der Waals surface area (Å²) in [6, 6.07) is 42.2. The van der Waals surface area contributed by atoms with Crippen LogP contribution in [0.3, 0.4) is 0 Å². The van der Waals surface area contributed by atoms with Crippen molar-refractivity contribution < 1.29 is 0 Å². The first-order valence-corrected chi connectivity index (χ1v) is 12.3. The second-order valence-corrected chi connectivity index (χ2v) is 8.93. The van der Waals surface area contributed by atoms with Crippen LogP contribution >= 0.6 is 11.6 Å². The minimum atomic E-state index is 0.467. The Hall–Kier alpha value is -4.67. The van der Waals surface area contributed by atoms with E-state index >= 15 is 0 Å². The fraction of sp³-hybridized carbons (Fsp3) is 0. The molecule has 0 unspecified atom stereocenters. The van der Waals surface area contributed by atoms with E-state index in [1.165, 1.54) is 5.56 Å². The molecular formula is C32H21ClN4. The normalized spacial score (nSPS) is 10.8. The molecule has 176 valence electrons. The van der Waals surface area contributed by atoms with Crippen molar-refractivity contribution in [1.82, 2.24) is 19.9 Å². The second kappa shape index (κ2) is 10.1. The van der Waals surface area contributed by atoms with Crippen LogP contribution in [0.4, 0.5) is 0 Å². The van der Waals surface area contributed by atoms with E-state index in [2.05, 4.69) is 41.4 Å². The van der Waals surface area contributed by atoms with Gasteiger partial charge >= 0.3 is 0 Å². The smallest absolute Gasteiger partial charge is 0.164 e. The van der Waals surface area contributed by atoms with E-state index in [9.17, 15) is 0 Å². The van der Waals surface area contributed by atoms with E-state index in [1.54, 1.807) is 6.07 Å². The Labute approximate surface area is 220 Å². The summed E-state index contributed by atoms with van der Waals surface area (Å²) < 4.78 is 0. The number of benzene rings is 4. The summed E-state index contributed by atoms with van der Waals surface area (Å²) >= 11 is 6.08. The maximum atomic E-state index is 6.08. The van der Waals surface area contributed by atoms with E-state index in [-0.39, 0.29) is 0 Å². The van der Waals surface area contributed by atoms with Crippen molar-refractivity contribution in [3.05, 3.63) is 133 Å². The highest BCUT2D eigenvalue weighted by Crippen LogP contribution is 2.28. The fourth-order valence-electron chi connectivity index (χ4n) is 4.15. The van der Waals surface area contributed by atoms with Gasteiger partial charge in [0.05, 0.1) is 5.69 Å². The molecule has 0 bridgehead atoms. The first-order chi connectivity index (χ1) is 18.2. The first kappa shape index (κ1) is 22.8. The van der Waals surface area contributed by atoms with Crippen LogP contribution in [0.5, 0.6) is 0 Å². The molecule has 0 atom stereocenters. The van der Waals surface area contributed by atoms with Crippen molar-refractivity contribution in [3.8, 4) is 56.5 Å². The lowest BCUT2D eigenvalue weighted by Gasteiger charge is -2.09. The Kier molecular flexibility index (Phi) is 6.24. The van der Waals surface area contributed by atoms with Gasteiger partial charge in [-0.05, 0) is 23.3 Å². The molecule has 4 aromatic carbocycles. The molecule has 37 heavy (non-hydrogen) atoms. The SMILES string of the molecule is Clc1cccc(-c2ccc(-c3nc(-c4ccccc4)nc(-c4ccc(-c5ccccc5)cc4)n3)cc2)n1. The lowest BCUT2D eigenvalue weighted by Crippen LogP contribution is -2.00. The highest BCUT2D eigenvalue weighted by Gasteiger charge is 2.13. The van der Waals surface area contributed by atoms with Crippen LogP contribution in [0.1, 0.15) is 0 Å². The Balaban J connectivity index is 1.41. The van der Waals surface area contributed by atoms with Crippen LogP contribution in [0.25, 0.3) is 56.5 Å². The number of nitrogens with zero attached hydrogens (tertiary/aromatic N) is 4. The van der Waals surface area contributed by atoms with Gasteiger partial charge in [-0.1, -0.05) is 127 Å². The van der Waals surface area contributed by atoms with Gasteiger partial charge < -0.3 is 0 Å². The molecule has 6 rings (SSSR count). The summed E-state index contributed by atoms with van der Waals surface area (Å²) in [5.74, 6) is 1.87. The zero-order valence-corrected chi connectivity index (χ0v) is 20.5. The van der Waals surface area contributed by atoms with Crippen LogP contribution in [-0.4, -0.2) is 19.9 Å². The molecule has 0 saturated heterocycles. The Morgan fingerprint density at radius 3 is 1.24 bits per heavy atom. The Bertz CT molecular complexity index is 1650. The second-order valence-electron chi connectivity index (χ2n) is 8.54. The standard InChI is InChI=1S/C32H21ClN4/c33-29-13-7-12-28(34-29)24-16-20-27(21-17-24)32-36-30(25-10-5-2-6-11-25)35-31(37-32)26-18-14-23(15-19-26)22-8-3-1-4-9-22/h1-21H. The monoisotopic (exact) mass is 496 g/mol. The lowest BCUT2D eigenvalue weighted by molar-refractivity contribution is 1.07. The third-order valence-electron chi connectivity index (χ3n) is 6.07. The van der Waals surface area contributed by atoms with Crippen LogP contribution in [0, 0.1) is 0 Å². The topological polar surface area (TPSA) is 51.6 Å². The number of rotatable bonds is 5. The van der Waals surface area contributed by atoms with Crippen molar-refractivity contribution in [2.24, 2.45) is 0 Å². The summed E-state index contributed by atoms with van der Waals surface area (Å²) in [7, 11) is 0. The summed E-state index contributed by atoms with van der Waals surface area (Å²) in [5.41, 5.74) is 6.87. The molecule has 2 heterocycles. The first-order valence-electron chi connectivity index (χ1n) is 11.9. The molecule has 0 spiro atoms. The number of halogens is 1. The van der Waals surface area contributed by atoms with Gasteiger partial charge in [-0.15, -0.1) is 0 Å². The van der Waals surface area contributed by atoms with E-state index in [0.29, 0.717) is 22.6 Å². The average Bonchev–Trinajstić information content (AvgIpc) is 2.98. The number of hydrogen-bond donors (Lipinski definition) is 0. The quantitative estimate of drug-likeness (QED) is 0.225. The highest BCUT2D eigenvalue weighted by molar-refractivity contribution is 6.29. The molecule has 0 aliphatic rings. The summed E-state index contributed by atoms with van der Waals surface area (Å²) in [6.07, 6.45) is 0. The minimum Gasteiger partial charge on any atom is -0.236 e. The predicted molar refractivity (Wildman–Crippen MR) is 150 cm³/mol. The molecule has 0 radical (unpaired) electrons. The van der Waals surface area contributed by atoms with Gasteiger partial charge in [-0.25, -0.2) is 19.9 Å². The van der Waals surface area contributed by atoms with Gasteiger partial charge in [-0.2, -0.15) is 0 Å². The van der Waals surface area contributed by atoms with Crippen LogP contribution in [-0.2, 0) is 0 Å². The summed E-state index contributed by atoms with van der Waals surface area (Å²) in [5, 5.41) is 0.467. The molecule has 2 aromatic heterocycles. The number of pyridine rings is 1. The predicted octanol–water partition coefficient (Wildman–Crippen LogP) is 8.26. The van der Waals surface area contributed by atoms with Crippen molar-refractivity contribution in [1.29, 1.82) is 0 Å². The van der Waals surface area contributed by atoms with Gasteiger partial charge in [0.2, 0.25) is 0 Å². The van der Waals surface area contributed by atoms with Crippen molar-refractivity contribution in [3.63, 3.8) is 0 Å². The largest absolute Gasteiger partial charge is 0.236 e. The van der Waals surface area contributed by atoms with Crippen molar-refractivity contribution in [2.75, 3.05) is 0 Å². The molecule has 6 aromatic rings. The highest BCUT2D eigenvalue weighted by atomic mass is 35.5. The van der Waals surface area contributed by atoms with E-state index in [4.69, 9.17) is 26.6 Å². The zero-order valence-electron chi connectivity index (χ0n) is 19.8. The third kappa shape index (κ3) is 5.01. The van der Waals surface area contributed by atoms with Crippen LogP contribution < -0.4 is 0 Å². The molecule has 0 aliphatic heterocycles. The Morgan fingerprint density at radius 2 is 0.730 bits per heavy atom.